The average molecular weight is 519 g/mol. The summed E-state index contributed by atoms with van der Waals surface area (Å²) >= 11 is 0. The van der Waals surface area contributed by atoms with E-state index in [9.17, 15) is 14.4 Å². The van der Waals surface area contributed by atoms with E-state index in [0.717, 1.165) is 25.8 Å². The first-order valence-corrected chi connectivity index (χ1v) is 13.2. The maximum atomic E-state index is 13.8. The fourth-order valence-corrected chi connectivity index (χ4v) is 5.48. The molecule has 0 radical (unpaired) electrons. The summed E-state index contributed by atoms with van der Waals surface area (Å²) in [6, 6.07) is 7.44. The van der Waals surface area contributed by atoms with Crippen molar-refractivity contribution in [1.29, 1.82) is 0 Å². The zero-order valence-electron chi connectivity index (χ0n) is 21.3. The highest BCUT2D eigenvalue weighted by atomic mass is 16.4. The quantitative estimate of drug-likeness (QED) is 0.499. The molecule has 1 aromatic carbocycles. The molecule has 2 amide bonds. The van der Waals surface area contributed by atoms with Crippen LogP contribution in [-0.2, 0) is 11.3 Å². The van der Waals surface area contributed by atoms with Crippen LogP contribution < -0.4 is 20.9 Å². The normalized spacial score (nSPS) is 19.1. The van der Waals surface area contributed by atoms with E-state index in [1.807, 2.05) is 25.1 Å². The predicted octanol–water partition coefficient (Wildman–Crippen LogP) is 1.98. The molecule has 2 fully saturated rings. The summed E-state index contributed by atoms with van der Waals surface area (Å²) in [5, 5.41) is 7.50. The van der Waals surface area contributed by atoms with Crippen molar-refractivity contribution in [2.45, 2.75) is 45.2 Å². The maximum absolute atomic E-state index is 13.8. The van der Waals surface area contributed by atoms with E-state index >= 15 is 0 Å². The molecule has 0 aliphatic carbocycles. The second-order valence-electron chi connectivity index (χ2n) is 9.80. The van der Waals surface area contributed by atoms with Gasteiger partial charge in [0.15, 0.2) is 0 Å². The first-order chi connectivity index (χ1) is 18.5. The van der Waals surface area contributed by atoms with Crippen molar-refractivity contribution >= 4 is 29.3 Å². The number of anilines is 3. The first kappa shape index (κ1) is 24.1. The molecule has 1 atom stereocenters. The van der Waals surface area contributed by atoms with Crippen molar-refractivity contribution in [1.82, 2.24) is 24.6 Å². The predicted molar refractivity (Wildman–Crippen MR) is 140 cm³/mol. The zero-order valence-corrected chi connectivity index (χ0v) is 21.3. The van der Waals surface area contributed by atoms with Crippen LogP contribution in [0.25, 0.3) is 11.5 Å². The minimum atomic E-state index is -0.577. The van der Waals surface area contributed by atoms with Gasteiger partial charge in [-0.1, -0.05) is 6.07 Å². The molecule has 3 aliphatic heterocycles. The van der Waals surface area contributed by atoms with Gasteiger partial charge < -0.3 is 24.4 Å². The number of aromatic nitrogens is 4. The molecule has 12 nitrogen and oxygen atoms in total. The number of likely N-dealkylation sites (tertiary alicyclic amines) is 1. The third kappa shape index (κ3) is 4.39. The molecule has 5 heterocycles. The van der Waals surface area contributed by atoms with Crippen LogP contribution in [0.5, 0.6) is 0 Å². The fourth-order valence-electron chi connectivity index (χ4n) is 5.48. The number of hydrogen-bond acceptors (Lipinski definition) is 9. The number of amides is 2. The van der Waals surface area contributed by atoms with Gasteiger partial charge in [-0.3, -0.25) is 9.59 Å². The lowest BCUT2D eigenvalue weighted by Crippen LogP contribution is -2.39. The lowest BCUT2D eigenvalue weighted by Gasteiger charge is -2.27. The number of nitrogens with zero attached hydrogens (tertiary/aromatic N) is 7. The number of carbonyl (C=O) groups is 2. The van der Waals surface area contributed by atoms with Crippen LogP contribution in [-0.4, -0.2) is 75.2 Å². The van der Waals surface area contributed by atoms with Gasteiger partial charge in [0.05, 0.1) is 6.54 Å². The first-order valence-electron chi connectivity index (χ1n) is 13.2. The summed E-state index contributed by atoms with van der Waals surface area (Å²) in [5.74, 6) is 0.711. The third-order valence-electron chi connectivity index (χ3n) is 7.39. The maximum Gasteiger partial charge on any atom is 0.437 e. The summed E-state index contributed by atoms with van der Waals surface area (Å²) in [5.41, 5.74) is 1.74. The van der Waals surface area contributed by atoms with E-state index in [1.54, 1.807) is 22.1 Å². The highest BCUT2D eigenvalue weighted by molar-refractivity contribution is 6.10. The molecule has 2 saturated heterocycles. The van der Waals surface area contributed by atoms with E-state index in [0.29, 0.717) is 61.2 Å². The van der Waals surface area contributed by atoms with Crippen molar-refractivity contribution in [3.63, 3.8) is 0 Å². The van der Waals surface area contributed by atoms with E-state index < -0.39 is 5.76 Å². The van der Waals surface area contributed by atoms with E-state index in [-0.39, 0.29) is 30.3 Å². The molecule has 3 aromatic rings. The van der Waals surface area contributed by atoms with Crippen LogP contribution in [0, 0.1) is 0 Å². The summed E-state index contributed by atoms with van der Waals surface area (Å²) in [7, 11) is 0. The standard InChI is InChI=1S/C26H30N8O4/c1-2-27-25-28-15-20-22(29-25)32-11-4-8-19(32)16-33(24(20)36)18-7-3-6-17(14-18)23-30-34(26(37)38-23)13-12-31-10-5-9-21(31)35/h3,6-7,14-15,19H,2,4-5,8-13,16H2,1H3,(H,27,28,29). The number of benzene rings is 1. The second kappa shape index (κ2) is 9.92. The molecular formula is C26H30N8O4. The molecular weight excluding hydrogens is 488 g/mol. The van der Waals surface area contributed by atoms with Gasteiger partial charge in [-0.05, 0) is 44.4 Å². The van der Waals surface area contributed by atoms with Crippen molar-refractivity contribution in [2.24, 2.45) is 0 Å². The summed E-state index contributed by atoms with van der Waals surface area (Å²) in [6.07, 6.45) is 4.98. The van der Waals surface area contributed by atoms with Crippen LogP contribution in [0.15, 0.2) is 39.7 Å². The van der Waals surface area contributed by atoms with Crippen molar-refractivity contribution < 1.29 is 14.0 Å². The molecule has 1 N–H and O–H groups in total. The molecule has 0 spiro atoms. The van der Waals surface area contributed by atoms with Crippen LogP contribution in [0.2, 0.25) is 0 Å². The number of carbonyl (C=O) groups excluding carboxylic acids is 2. The number of hydrogen-bond donors (Lipinski definition) is 1. The molecule has 0 saturated carbocycles. The largest absolute Gasteiger partial charge is 0.437 e. The Hall–Kier alpha value is -4.22. The Kier molecular flexibility index (Phi) is 6.30. The van der Waals surface area contributed by atoms with E-state index in [1.165, 1.54) is 4.68 Å². The molecule has 12 heteroatoms. The molecule has 6 rings (SSSR count). The van der Waals surface area contributed by atoms with Crippen molar-refractivity contribution in [3.8, 4) is 11.5 Å². The fraction of sp³-hybridized carbons (Fsp3) is 0.462. The van der Waals surface area contributed by atoms with Gasteiger partial charge in [0.25, 0.3) is 5.91 Å². The Bertz CT molecular complexity index is 1430. The molecule has 2 aromatic heterocycles. The van der Waals surface area contributed by atoms with Gasteiger partial charge in [-0.15, -0.1) is 5.10 Å². The molecule has 38 heavy (non-hydrogen) atoms. The van der Waals surface area contributed by atoms with E-state index in [2.05, 4.69) is 25.3 Å². The molecule has 198 valence electrons. The average Bonchev–Trinajstić information content (AvgIpc) is 3.64. The van der Waals surface area contributed by atoms with Crippen LogP contribution >= 0.6 is 0 Å². The monoisotopic (exact) mass is 518 g/mol. The molecule has 1 unspecified atom stereocenters. The number of fused-ring (bicyclic) bond motifs is 3. The van der Waals surface area contributed by atoms with Crippen molar-refractivity contribution in [3.05, 3.63) is 46.6 Å². The Morgan fingerprint density at radius 2 is 2.03 bits per heavy atom. The third-order valence-corrected chi connectivity index (χ3v) is 7.39. The molecule has 0 bridgehead atoms. The van der Waals surface area contributed by atoms with Gasteiger partial charge in [-0.2, -0.15) is 9.67 Å². The zero-order chi connectivity index (χ0) is 26.2. The minimum Gasteiger partial charge on any atom is -0.388 e. The van der Waals surface area contributed by atoms with Crippen LogP contribution in [0.4, 0.5) is 17.5 Å². The SMILES string of the molecule is CCNc1ncc2c(n1)N1CCCC1CN(c1cccc(-c3nn(CCN4CCCC4=O)c(=O)o3)c1)C2=O. The van der Waals surface area contributed by atoms with Gasteiger partial charge in [0.2, 0.25) is 17.7 Å². The highest BCUT2D eigenvalue weighted by Crippen LogP contribution is 2.35. The second-order valence-corrected chi connectivity index (χ2v) is 9.80. The lowest BCUT2D eigenvalue weighted by atomic mass is 10.1. The summed E-state index contributed by atoms with van der Waals surface area (Å²) in [4.78, 5) is 52.8. The lowest BCUT2D eigenvalue weighted by molar-refractivity contribution is -0.127. The number of nitrogens with one attached hydrogen (secondary N) is 1. The van der Waals surface area contributed by atoms with Gasteiger partial charge >= 0.3 is 5.76 Å². The highest BCUT2D eigenvalue weighted by Gasteiger charge is 2.37. The van der Waals surface area contributed by atoms with Gasteiger partial charge in [0, 0.05) is 62.6 Å². The molecule has 3 aliphatic rings. The minimum absolute atomic E-state index is 0.0993. The Morgan fingerprint density at radius 1 is 1.13 bits per heavy atom. The summed E-state index contributed by atoms with van der Waals surface area (Å²) < 4.78 is 6.70. The summed E-state index contributed by atoms with van der Waals surface area (Å²) in [6.45, 7) is 5.41. The number of rotatable bonds is 7. The van der Waals surface area contributed by atoms with Crippen LogP contribution in [0.3, 0.4) is 0 Å². The Morgan fingerprint density at radius 3 is 2.84 bits per heavy atom. The van der Waals surface area contributed by atoms with E-state index in [4.69, 9.17) is 4.42 Å². The van der Waals surface area contributed by atoms with Crippen molar-refractivity contribution in [2.75, 3.05) is 47.8 Å². The Labute approximate surface area is 219 Å². The van der Waals surface area contributed by atoms with Gasteiger partial charge in [-0.25, -0.2) is 9.78 Å². The van der Waals surface area contributed by atoms with Gasteiger partial charge in [0.1, 0.15) is 11.4 Å². The van der Waals surface area contributed by atoms with Crippen LogP contribution in [0.1, 0.15) is 43.0 Å². The Balaban J connectivity index is 1.28. The smallest absolute Gasteiger partial charge is 0.388 e. The topological polar surface area (TPSA) is 130 Å².